The molecule has 0 saturated heterocycles. The van der Waals surface area contributed by atoms with Gasteiger partial charge in [-0.1, -0.05) is 76.5 Å². The number of carbonyl (C=O) groups is 2. The lowest BCUT2D eigenvalue weighted by molar-refractivity contribution is -0.136. The second-order valence-corrected chi connectivity index (χ2v) is 8.60. The van der Waals surface area contributed by atoms with E-state index in [9.17, 15) is 14.7 Å². The predicted octanol–water partition coefficient (Wildman–Crippen LogP) is 5.91. The molecule has 2 N–H and O–H groups in total. The Morgan fingerprint density at radius 2 is 1.57 bits per heavy atom. The van der Waals surface area contributed by atoms with E-state index in [0.717, 1.165) is 25.0 Å². The van der Waals surface area contributed by atoms with Gasteiger partial charge in [0.05, 0.1) is 0 Å². The quantitative estimate of drug-likeness (QED) is 0.315. The second kappa shape index (κ2) is 16.5. The number of carbonyl (C=O) groups excluding carboxylic acids is 1. The lowest BCUT2D eigenvalue weighted by Crippen LogP contribution is -2.24. The van der Waals surface area contributed by atoms with E-state index in [1.807, 2.05) is 18.2 Å². The van der Waals surface area contributed by atoms with Gasteiger partial charge in [0.2, 0.25) is 0 Å². The Morgan fingerprint density at radius 1 is 0.929 bits per heavy atom. The molecule has 5 heteroatoms. The van der Waals surface area contributed by atoms with Crippen LogP contribution in [0.1, 0.15) is 87.9 Å². The number of aliphatic carboxylic acids is 1. The summed E-state index contributed by atoms with van der Waals surface area (Å²) in [5, 5.41) is 12.0. The SMILES string of the molecule is CCCCCCCCCCSC(CCCCNC(=O)c1ccccc1)C(=O)O. The molecule has 0 aliphatic rings. The van der Waals surface area contributed by atoms with Crippen molar-refractivity contribution >= 4 is 23.6 Å². The van der Waals surface area contributed by atoms with Crippen LogP contribution in [0.15, 0.2) is 30.3 Å². The summed E-state index contributed by atoms with van der Waals surface area (Å²) in [5.74, 6) is 0.147. The molecule has 0 fully saturated rings. The van der Waals surface area contributed by atoms with Gasteiger partial charge in [0, 0.05) is 12.1 Å². The molecule has 0 bridgehead atoms. The average molecular weight is 408 g/mol. The van der Waals surface area contributed by atoms with Gasteiger partial charge < -0.3 is 10.4 Å². The Hall–Kier alpha value is -1.49. The van der Waals surface area contributed by atoms with Crippen molar-refractivity contribution < 1.29 is 14.7 Å². The molecule has 0 aliphatic carbocycles. The minimum absolute atomic E-state index is 0.0700. The van der Waals surface area contributed by atoms with Crippen LogP contribution in [0, 0.1) is 0 Å². The fourth-order valence-corrected chi connectivity index (χ4v) is 4.22. The zero-order valence-corrected chi connectivity index (χ0v) is 18.1. The van der Waals surface area contributed by atoms with Crippen LogP contribution in [0.25, 0.3) is 0 Å². The molecule has 1 aromatic rings. The average Bonchev–Trinajstić information content (AvgIpc) is 2.71. The predicted molar refractivity (Wildman–Crippen MR) is 119 cm³/mol. The van der Waals surface area contributed by atoms with E-state index >= 15 is 0 Å². The van der Waals surface area contributed by atoms with Gasteiger partial charge in [-0.25, -0.2) is 0 Å². The first-order valence-electron chi connectivity index (χ1n) is 10.8. The van der Waals surface area contributed by atoms with Crippen LogP contribution in [0.4, 0.5) is 0 Å². The molecule has 0 spiro atoms. The van der Waals surface area contributed by atoms with Crippen LogP contribution in [0.5, 0.6) is 0 Å². The first-order valence-corrected chi connectivity index (χ1v) is 11.9. The van der Waals surface area contributed by atoms with Crippen LogP contribution in [0.2, 0.25) is 0 Å². The number of carboxylic acid groups (broad SMARTS) is 1. The van der Waals surface area contributed by atoms with Crippen molar-refractivity contribution in [3.63, 3.8) is 0 Å². The molecular weight excluding hydrogens is 370 g/mol. The fraction of sp³-hybridized carbons (Fsp3) is 0.652. The van der Waals surface area contributed by atoms with E-state index in [1.165, 1.54) is 44.9 Å². The maximum absolute atomic E-state index is 11.9. The molecule has 28 heavy (non-hydrogen) atoms. The highest BCUT2D eigenvalue weighted by Gasteiger charge is 2.17. The molecular formula is C23H37NO3S. The number of hydrogen-bond donors (Lipinski definition) is 2. The Bertz CT molecular complexity index is 536. The Balaban J connectivity index is 2.05. The van der Waals surface area contributed by atoms with Crippen LogP contribution in [-0.2, 0) is 4.79 Å². The summed E-state index contributed by atoms with van der Waals surface area (Å²) in [6.45, 7) is 2.82. The maximum atomic E-state index is 11.9. The minimum Gasteiger partial charge on any atom is -0.480 e. The monoisotopic (exact) mass is 407 g/mol. The largest absolute Gasteiger partial charge is 0.480 e. The zero-order valence-electron chi connectivity index (χ0n) is 17.3. The first-order chi connectivity index (χ1) is 13.6. The Labute approximate surface area is 174 Å². The number of benzene rings is 1. The van der Waals surface area contributed by atoms with Gasteiger partial charge in [-0.2, -0.15) is 0 Å². The summed E-state index contributed by atoms with van der Waals surface area (Å²) < 4.78 is 0. The van der Waals surface area contributed by atoms with E-state index < -0.39 is 5.97 Å². The highest BCUT2D eigenvalue weighted by Crippen LogP contribution is 2.20. The number of rotatable bonds is 17. The van der Waals surface area contributed by atoms with E-state index in [-0.39, 0.29) is 11.2 Å². The summed E-state index contributed by atoms with van der Waals surface area (Å²) in [6.07, 6.45) is 12.5. The fourth-order valence-electron chi connectivity index (χ4n) is 3.09. The van der Waals surface area contributed by atoms with Crippen LogP contribution in [-0.4, -0.2) is 34.5 Å². The third-order valence-corrected chi connectivity index (χ3v) is 6.17. The van der Waals surface area contributed by atoms with E-state index in [0.29, 0.717) is 18.5 Å². The lowest BCUT2D eigenvalue weighted by Gasteiger charge is -2.12. The summed E-state index contributed by atoms with van der Waals surface area (Å²) >= 11 is 1.58. The molecule has 0 heterocycles. The molecule has 1 aromatic carbocycles. The van der Waals surface area contributed by atoms with Gasteiger partial charge in [0.1, 0.15) is 5.25 Å². The molecule has 4 nitrogen and oxygen atoms in total. The van der Waals surface area contributed by atoms with Gasteiger partial charge in [-0.15, -0.1) is 11.8 Å². The van der Waals surface area contributed by atoms with Gasteiger partial charge in [0.15, 0.2) is 0 Å². The summed E-state index contributed by atoms with van der Waals surface area (Å²) in [4.78, 5) is 23.4. The third kappa shape index (κ3) is 12.1. The number of nitrogens with one attached hydrogen (secondary N) is 1. The summed E-state index contributed by atoms with van der Waals surface area (Å²) in [5.41, 5.74) is 0.659. The molecule has 1 amide bonds. The number of carboxylic acids is 1. The summed E-state index contributed by atoms with van der Waals surface area (Å²) in [7, 11) is 0. The van der Waals surface area contributed by atoms with Crippen molar-refractivity contribution in [1.82, 2.24) is 5.32 Å². The standard InChI is InChI=1S/C23H37NO3S/c1-2-3-4-5-6-7-8-14-19-28-21(23(26)27)17-12-13-18-24-22(25)20-15-10-9-11-16-20/h9-11,15-16,21H,2-8,12-14,17-19H2,1H3,(H,24,25)(H,26,27). The van der Waals surface area contributed by atoms with Crippen molar-refractivity contribution in [2.75, 3.05) is 12.3 Å². The van der Waals surface area contributed by atoms with E-state index in [4.69, 9.17) is 0 Å². The van der Waals surface area contributed by atoms with Crippen molar-refractivity contribution in [3.8, 4) is 0 Å². The van der Waals surface area contributed by atoms with Crippen molar-refractivity contribution in [3.05, 3.63) is 35.9 Å². The molecule has 1 rings (SSSR count). The number of unbranched alkanes of at least 4 members (excludes halogenated alkanes) is 8. The summed E-state index contributed by atoms with van der Waals surface area (Å²) in [6, 6.07) is 9.15. The molecule has 0 radical (unpaired) electrons. The van der Waals surface area contributed by atoms with Crippen molar-refractivity contribution in [1.29, 1.82) is 0 Å². The van der Waals surface area contributed by atoms with Gasteiger partial charge in [-0.05, 0) is 37.1 Å². The van der Waals surface area contributed by atoms with Gasteiger partial charge in [0.25, 0.3) is 5.91 Å². The van der Waals surface area contributed by atoms with Crippen molar-refractivity contribution in [2.24, 2.45) is 0 Å². The zero-order chi connectivity index (χ0) is 20.5. The number of thioether (sulfide) groups is 1. The highest BCUT2D eigenvalue weighted by molar-refractivity contribution is 8.00. The van der Waals surface area contributed by atoms with Gasteiger partial charge >= 0.3 is 5.97 Å². The molecule has 158 valence electrons. The number of hydrogen-bond acceptors (Lipinski definition) is 3. The molecule has 0 saturated carbocycles. The first kappa shape index (κ1) is 24.5. The highest BCUT2D eigenvalue weighted by atomic mass is 32.2. The number of amides is 1. The molecule has 1 atom stereocenters. The Morgan fingerprint density at radius 3 is 2.21 bits per heavy atom. The van der Waals surface area contributed by atoms with E-state index in [2.05, 4.69) is 12.2 Å². The topological polar surface area (TPSA) is 66.4 Å². The third-order valence-electron chi connectivity index (χ3n) is 4.81. The smallest absolute Gasteiger partial charge is 0.316 e. The van der Waals surface area contributed by atoms with Crippen LogP contribution < -0.4 is 5.32 Å². The van der Waals surface area contributed by atoms with Crippen LogP contribution in [0.3, 0.4) is 0 Å². The molecule has 0 aliphatic heterocycles. The van der Waals surface area contributed by atoms with Gasteiger partial charge in [-0.3, -0.25) is 9.59 Å². The van der Waals surface area contributed by atoms with Crippen LogP contribution >= 0.6 is 11.8 Å². The molecule has 1 unspecified atom stereocenters. The van der Waals surface area contributed by atoms with E-state index in [1.54, 1.807) is 23.9 Å². The van der Waals surface area contributed by atoms with Crippen molar-refractivity contribution in [2.45, 2.75) is 82.8 Å². The normalized spacial score (nSPS) is 11.9. The Kier molecular flexibility index (Phi) is 14.4. The minimum atomic E-state index is -0.710. The maximum Gasteiger partial charge on any atom is 0.316 e. The molecule has 0 aromatic heterocycles. The lowest BCUT2D eigenvalue weighted by atomic mass is 10.1. The second-order valence-electron chi connectivity index (χ2n) is 7.29.